The number of rotatable bonds is 3. The van der Waals surface area contributed by atoms with Crippen LogP contribution in [0.25, 0.3) is 0 Å². The van der Waals surface area contributed by atoms with Gasteiger partial charge >= 0.3 is 0 Å². The minimum Gasteiger partial charge on any atom is -0.390 e. The van der Waals surface area contributed by atoms with E-state index in [1.165, 1.54) is 5.56 Å². The summed E-state index contributed by atoms with van der Waals surface area (Å²) in [7, 11) is 0. The molecule has 1 fully saturated rings. The highest BCUT2D eigenvalue weighted by atomic mass is 16.5. The maximum absolute atomic E-state index is 8.86. The van der Waals surface area contributed by atoms with Crippen molar-refractivity contribution in [2.45, 2.75) is 26.3 Å². The Labute approximate surface area is 154 Å². The molecule has 0 bridgehead atoms. The van der Waals surface area contributed by atoms with Crippen LogP contribution in [0, 0.1) is 11.3 Å². The maximum Gasteiger partial charge on any atom is 0.117 e. The van der Waals surface area contributed by atoms with E-state index in [9.17, 15) is 0 Å². The van der Waals surface area contributed by atoms with Crippen LogP contribution in [0.5, 0.6) is 0 Å². The molecule has 7 nitrogen and oxygen atoms in total. The van der Waals surface area contributed by atoms with Crippen molar-refractivity contribution < 1.29 is 4.74 Å². The van der Waals surface area contributed by atoms with Gasteiger partial charge in [0.15, 0.2) is 0 Å². The molecule has 0 saturated carbocycles. The highest BCUT2D eigenvalue weighted by Crippen LogP contribution is 2.31. The van der Waals surface area contributed by atoms with Crippen molar-refractivity contribution in [3.05, 3.63) is 46.7 Å². The SMILES string of the molecule is CC(/C=C(\N)C#N)=C(/N)N1Cc2cc(N3CCOCC3)cnc2C(C)C1. The van der Waals surface area contributed by atoms with Gasteiger partial charge in [0.05, 0.1) is 30.8 Å². The fourth-order valence-electron chi connectivity index (χ4n) is 3.53. The molecule has 3 rings (SSSR count). The number of hydrogen-bond donors (Lipinski definition) is 2. The van der Waals surface area contributed by atoms with Crippen LogP contribution >= 0.6 is 0 Å². The summed E-state index contributed by atoms with van der Waals surface area (Å²) in [5.41, 5.74) is 16.4. The van der Waals surface area contributed by atoms with Crippen LogP contribution < -0.4 is 16.4 Å². The van der Waals surface area contributed by atoms with E-state index in [2.05, 4.69) is 22.8 Å². The number of nitrogens with two attached hydrogens (primary N) is 2. The van der Waals surface area contributed by atoms with Crippen LogP contribution in [-0.4, -0.2) is 42.7 Å². The number of aromatic nitrogens is 1. The summed E-state index contributed by atoms with van der Waals surface area (Å²) in [6.45, 7) is 8.81. The van der Waals surface area contributed by atoms with E-state index >= 15 is 0 Å². The molecule has 1 aromatic rings. The monoisotopic (exact) mass is 354 g/mol. The zero-order valence-corrected chi connectivity index (χ0v) is 15.4. The predicted molar refractivity (Wildman–Crippen MR) is 101 cm³/mol. The van der Waals surface area contributed by atoms with E-state index in [1.54, 1.807) is 6.08 Å². The van der Waals surface area contributed by atoms with Gasteiger partial charge in [0.25, 0.3) is 0 Å². The average molecular weight is 354 g/mol. The van der Waals surface area contributed by atoms with Gasteiger partial charge in [-0.2, -0.15) is 5.26 Å². The smallest absolute Gasteiger partial charge is 0.117 e. The molecule has 2 aliphatic heterocycles. The van der Waals surface area contributed by atoms with Crippen molar-refractivity contribution in [2.75, 3.05) is 37.7 Å². The van der Waals surface area contributed by atoms with Crippen molar-refractivity contribution in [1.29, 1.82) is 5.26 Å². The summed E-state index contributed by atoms with van der Waals surface area (Å²) in [5, 5.41) is 8.86. The number of ether oxygens (including phenoxy) is 1. The molecule has 1 aromatic heterocycles. The van der Waals surface area contributed by atoms with Gasteiger partial charge in [-0.3, -0.25) is 4.98 Å². The van der Waals surface area contributed by atoms with Crippen LogP contribution in [-0.2, 0) is 11.3 Å². The average Bonchev–Trinajstić information content (AvgIpc) is 2.67. The molecule has 0 aromatic carbocycles. The lowest BCUT2D eigenvalue weighted by Gasteiger charge is -2.36. The molecule has 2 aliphatic rings. The third kappa shape index (κ3) is 3.75. The number of allylic oxidation sites excluding steroid dienone is 3. The molecule has 4 N–H and O–H groups in total. The summed E-state index contributed by atoms with van der Waals surface area (Å²) in [6, 6.07) is 4.15. The third-order valence-electron chi connectivity index (χ3n) is 4.93. The van der Waals surface area contributed by atoms with Crippen LogP contribution in [0.15, 0.2) is 35.4 Å². The van der Waals surface area contributed by atoms with Crippen molar-refractivity contribution in [2.24, 2.45) is 11.5 Å². The molecule has 0 radical (unpaired) electrons. The standard InChI is InChI=1S/C19H26N6O/c1-13(7-16(21)9-20)19(22)25-11-14(2)18-15(12-25)8-17(10-23-18)24-3-5-26-6-4-24/h7-8,10,14H,3-6,11-12,21-22H2,1-2H3/b16-7-,19-13+. The van der Waals surface area contributed by atoms with Crippen molar-refractivity contribution in [1.82, 2.24) is 9.88 Å². The number of fused-ring (bicyclic) bond motifs is 1. The van der Waals surface area contributed by atoms with E-state index < -0.39 is 0 Å². The Hall–Kier alpha value is -2.72. The Morgan fingerprint density at radius 1 is 1.38 bits per heavy atom. The van der Waals surface area contributed by atoms with Gasteiger partial charge in [-0.15, -0.1) is 0 Å². The molecule has 0 spiro atoms. The van der Waals surface area contributed by atoms with Crippen molar-refractivity contribution >= 4 is 5.69 Å². The predicted octanol–water partition coefficient (Wildman–Crippen LogP) is 1.39. The van der Waals surface area contributed by atoms with Crippen molar-refractivity contribution in [3.63, 3.8) is 0 Å². The number of nitriles is 1. The van der Waals surface area contributed by atoms with Gasteiger partial charge in [-0.05, 0) is 30.2 Å². The first-order valence-corrected chi connectivity index (χ1v) is 8.89. The van der Waals surface area contributed by atoms with Crippen LogP contribution in [0.4, 0.5) is 5.69 Å². The maximum atomic E-state index is 8.86. The second-order valence-electron chi connectivity index (χ2n) is 6.90. The Balaban J connectivity index is 1.86. The number of nitrogens with zero attached hydrogens (tertiary/aromatic N) is 4. The second kappa shape index (κ2) is 7.67. The van der Waals surface area contributed by atoms with E-state index in [4.69, 9.17) is 26.5 Å². The van der Waals surface area contributed by atoms with Gasteiger partial charge in [-0.1, -0.05) is 6.92 Å². The zero-order valence-electron chi connectivity index (χ0n) is 15.4. The molecular formula is C19H26N6O. The minimum absolute atomic E-state index is 0.159. The zero-order chi connectivity index (χ0) is 18.7. The first kappa shape index (κ1) is 18.1. The number of anilines is 1. The highest BCUT2D eigenvalue weighted by Gasteiger charge is 2.26. The molecular weight excluding hydrogens is 328 g/mol. The van der Waals surface area contributed by atoms with Gasteiger partial charge in [0.1, 0.15) is 17.6 Å². The lowest BCUT2D eigenvalue weighted by atomic mass is 9.95. The highest BCUT2D eigenvalue weighted by molar-refractivity contribution is 5.49. The van der Waals surface area contributed by atoms with E-state index in [0.717, 1.165) is 49.8 Å². The van der Waals surface area contributed by atoms with Gasteiger partial charge in [0, 0.05) is 32.1 Å². The first-order valence-electron chi connectivity index (χ1n) is 8.89. The molecule has 26 heavy (non-hydrogen) atoms. The topological polar surface area (TPSA) is 104 Å². The fourth-order valence-corrected chi connectivity index (χ4v) is 3.53. The molecule has 138 valence electrons. The Morgan fingerprint density at radius 3 is 2.81 bits per heavy atom. The summed E-state index contributed by atoms with van der Waals surface area (Å²) >= 11 is 0. The van der Waals surface area contributed by atoms with E-state index in [1.807, 2.05) is 19.2 Å². The molecule has 0 aliphatic carbocycles. The summed E-state index contributed by atoms with van der Waals surface area (Å²) in [6.07, 6.45) is 3.59. The Morgan fingerprint density at radius 2 is 2.12 bits per heavy atom. The Bertz CT molecular complexity index is 773. The second-order valence-corrected chi connectivity index (χ2v) is 6.90. The lowest BCUT2D eigenvalue weighted by Crippen LogP contribution is -2.38. The van der Waals surface area contributed by atoms with E-state index in [0.29, 0.717) is 12.4 Å². The molecule has 0 amide bonds. The summed E-state index contributed by atoms with van der Waals surface area (Å²) in [5.74, 6) is 0.929. The number of pyridine rings is 1. The molecule has 7 heteroatoms. The minimum atomic E-state index is 0.159. The Kier molecular flexibility index (Phi) is 5.33. The third-order valence-corrected chi connectivity index (χ3v) is 4.93. The van der Waals surface area contributed by atoms with E-state index in [-0.39, 0.29) is 11.6 Å². The normalized spacial score (nSPS) is 21.7. The molecule has 1 saturated heterocycles. The van der Waals surface area contributed by atoms with Crippen LogP contribution in [0.3, 0.4) is 0 Å². The quantitative estimate of drug-likeness (QED) is 0.624. The van der Waals surface area contributed by atoms with Gasteiger partial charge < -0.3 is 26.0 Å². The number of morpholine rings is 1. The van der Waals surface area contributed by atoms with Crippen molar-refractivity contribution in [3.8, 4) is 6.07 Å². The fraction of sp³-hybridized carbons (Fsp3) is 0.474. The van der Waals surface area contributed by atoms with Gasteiger partial charge in [0.2, 0.25) is 0 Å². The largest absolute Gasteiger partial charge is 0.390 e. The summed E-state index contributed by atoms with van der Waals surface area (Å²) < 4.78 is 5.44. The first-order chi connectivity index (χ1) is 12.5. The van der Waals surface area contributed by atoms with Crippen LogP contribution in [0.2, 0.25) is 0 Å². The van der Waals surface area contributed by atoms with Gasteiger partial charge in [-0.25, -0.2) is 0 Å². The molecule has 3 heterocycles. The molecule has 1 atom stereocenters. The van der Waals surface area contributed by atoms with Crippen LogP contribution in [0.1, 0.15) is 31.0 Å². The molecule has 1 unspecified atom stereocenters. The lowest BCUT2D eigenvalue weighted by molar-refractivity contribution is 0.122. The number of hydrogen-bond acceptors (Lipinski definition) is 7. The summed E-state index contributed by atoms with van der Waals surface area (Å²) in [4.78, 5) is 9.17.